The van der Waals surface area contributed by atoms with Gasteiger partial charge in [-0.15, -0.1) is 0 Å². The van der Waals surface area contributed by atoms with Crippen LogP contribution < -0.4 is 4.74 Å². The maximum absolute atomic E-state index is 14.8. The van der Waals surface area contributed by atoms with E-state index >= 15 is 0 Å². The molecule has 0 spiro atoms. The highest BCUT2D eigenvalue weighted by atomic mass is 19.3. The average Bonchev–Trinajstić information content (AvgIpc) is 3.20. The van der Waals surface area contributed by atoms with E-state index < -0.39 is 75.3 Å². The summed E-state index contributed by atoms with van der Waals surface area (Å²) in [6, 6.07) is 9.41. The number of halogens is 9. The number of fused-ring (bicyclic) bond motifs is 6. The molecule has 0 unspecified atom stereocenters. The van der Waals surface area contributed by atoms with Crippen molar-refractivity contribution in [3.8, 4) is 16.9 Å². The minimum atomic E-state index is -4.53. The van der Waals surface area contributed by atoms with E-state index in [-0.39, 0.29) is 33.1 Å². The van der Waals surface area contributed by atoms with Gasteiger partial charge in [0.1, 0.15) is 52.0 Å². The largest absolute Gasteiger partial charge is 0.432 e. The first-order chi connectivity index (χ1) is 27.4. The molecule has 0 aliphatic carbocycles. The minimum absolute atomic E-state index is 0.0566. The van der Waals surface area contributed by atoms with Crippen LogP contribution in [0, 0.1) is 65.4 Å². The lowest BCUT2D eigenvalue weighted by molar-refractivity contribution is -0.351. The summed E-state index contributed by atoms with van der Waals surface area (Å²) in [6.45, 7) is 8.48. The Labute approximate surface area is 330 Å². The van der Waals surface area contributed by atoms with Gasteiger partial charge in [0.2, 0.25) is 0 Å². The summed E-state index contributed by atoms with van der Waals surface area (Å²) in [5, 5.41) is 0. The second kappa shape index (κ2) is 15.5. The Morgan fingerprint density at radius 1 is 0.569 bits per heavy atom. The maximum Gasteiger partial charge on any atom is 0.432 e. The topological polar surface area (TPSA) is 46.2 Å². The molecule has 0 aromatic heterocycles. The number of hydrogen-bond acceptors (Lipinski definition) is 5. The van der Waals surface area contributed by atoms with Crippen molar-refractivity contribution in [2.45, 2.75) is 90.3 Å². The molecule has 0 N–H and O–H groups in total. The summed E-state index contributed by atoms with van der Waals surface area (Å²) in [4.78, 5) is 0. The van der Waals surface area contributed by atoms with E-state index in [4.69, 9.17) is 18.9 Å². The van der Waals surface area contributed by atoms with Crippen LogP contribution in [0.5, 0.6) is 5.75 Å². The van der Waals surface area contributed by atoms with E-state index in [1.54, 1.807) is 6.07 Å². The van der Waals surface area contributed by atoms with Gasteiger partial charge in [0.25, 0.3) is 0 Å². The zero-order valence-corrected chi connectivity index (χ0v) is 32.4. The van der Waals surface area contributed by atoms with E-state index in [0.29, 0.717) is 63.4 Å². The number of ether oxygens (including phenoxy) is 5. The molecule has 0 radical (unpaired) electrons. The van der Waals surface area contributed by atoms with Crippen molar-refractivity contribution in [3.05, 3.63) is 123 Å². The number of rotatable bonds is 9. The van der Waals surface area contributed by atoms with Crippen molar-refractivity contribution in [1.29, 1.82) is 0 Å². The smallest absolute Gasteiger partial charge is 0.429 e. The lowest BCUT2D eigenvalue weighted by atomic mass is 9.74. The van der Waals surface area contributed by atoms with Crippen LogP contribution in [0.4, 0.5) is 39.5 Å². The molecule has 6 aliphatic heterocycles. The first-order valence-corrected chi connectivity index (χ1v) is 19.2. The molecule has 6 heterocycles. The minimum Gasteiger partial charge on any atom is -0.429 e. The van der Waals surface area contributed by atoms with Gasteiger partial charge < -0.3 is 23.7 Å². The zero-order valence-electron chi connectivity index (χ0n) is 32.4. The van der Waals surface area contributed by atoms with Crippen LogP contribution in [0.25, 0.3) is 11.1 Å². The third-order valence-electron chi connectivity index (χ3n) is 12.2. The number of hydrogen-bond donors (Lipinski definition) is 0. The Kier molecular flexibility index (Phi) is 11.2. The molecule has 58 heavy (non-hydrogen) atoms. The Morgan fingerprint density at radius 2 is 1.03 bits per heavy atom. The molecular formula is C44H43F9O5. The van der Waals surface area contributed by atoms with Crippen molar-refractivity contribution < 1.29 is 63.2 Å². The summed E-state index contributed by atoms with van der Waals surface area (Å²) in [7, 11) is 0. The Morgan fingerprint density at radius 3 is 1.48 bits per heavy atom. The molecule has 6 saturated heterocycles. The van der Waals surface area contributed by atoms with Crippen molar-refractivity contribution in [3.63, 3.8) is 0 Å². The summed E-state index contributed by atoms with van der Waals surface area (Å²) in [5.74, 6) is -10.6. The molecule has 0 amide bonds. The highest BCUT2D eigenvalue weighted by molar-refractivity contribution is 5.65. The lowest BCUT2D eigenvalue weighted by Gasteiger charge is -2.53. The highest BCUT2D eigenvalue weighted by Crippen LogP contribution is 2.53. The quantitative estimate of drug-likeness (QED) is 0.157. The van der Waals surface area contributed by atoms with Gasteiger partial charge in [-0.2, -0.15) is 8.78 Å². The Balaban J connectivity index is 0.000000178. The second-order valence-corrected chi connectivity index (χ2v) is 16.0. The van der Waals surface area contributed by atoms with Gasteiger partial charge in [-0.05, 0) is 75.4 Å². The van der Waals surface area contributed by atoms with Gasteiger partial charge in [0.15, 0.2) is 11.6 Å². The molecule has 4 bridgehead atoms. The van der Waals surface area contributed by atoms with E-state index in [9.17, 15) is 39.5 Å². The van der Waals surface area contributed by atoms with Gasteiger partial charge in [0, 0.05) is 63.6 Å². The molecule has 0 atom stereocenters. The zero-order chi connectivity index (χ0) is 41.8. The standard InChI is InChI=1S/C22H20F6O3.C22H23F3O2/c1-3-20-4-5-21(29-10-20,30-11-20)13-6-17(25)19(18(26)7-13)22(27,28)31-14-8-15(23)12(2)16(24)9-14;1-3-6-21-7-8-22(26-12-21,27-13-21)16-4-5-17(20(25)11-16)15-9-18(23)14(2)19(24)10-15/h6-9H,3-5,10-11H2,1-2H3;4-5,9-11H,3,6-8,12-13H2,1-2H3. The third kappa shape index (κ3) is 7.61. The molecule has 14 heteroatoms. The van der Waals surface area contributed by atoms with Crippen LogP contribution in [0.2, 0.25) is 0 Å². The fourth-order valence-corrected chi connectivity index (χ4v) is 8.22. The molecule has 5 nitrogen and oxygen atoms in total. The van der Waals surface area contributed by atoms with Gasteiger partial charge >= 0.3 is 6.11 Å². The molecule has 4 aromatic carbocycles. The Bertz CT molecular complexity index is 2090. The predicted octanol–water partition coefficient (Wildman–Crippen LogP) is 11.9. The van der Waals surface area contributed by atoms with Crippen molar-refractivity contribution >= 4 is 0 Å². The normalized spacial score (nSPS) is 26.4. The third-order valence-corrected chi connectivity index (χ3v) is 12.2. The summed E-state index contributed by atoms with van der Waals surface area (Å²) in [5.41, 5.74) is -1.35. The fourth-order valence-electron chi connectivity index (χ4n) is 8.22. The van der Waals surface area contributed by atoms with Crippen molar-refractivity contribution in [2.24, 2.45) is 10.8 Å². The highest BCUT2D eigenvalue weighted by Gasteiger charge is 2.53. The molecular weight excluding hydrogens is 779 g/mol. The second-order valence-electron chi connectivity index (χ2n) is 16.0. The van der Waals surface area contributed by atoms with Crippen LogP contribution in [0.3, 0.4) is 0 Å². The fraction of sp³-hybridized carbons (Fsp3) is 0.455. The van der Waals surface area contributed by atoms with Crippen LogP contribution in [0.15, 0.2) is 54.6 Å². The first kappa shape index (κ1) is 42.0. The molecule has 6 aliphatic rings. The average molecular weight is 823 g/mol. The maximum atomic E-state index is 14.8. The summed E-state index contributed by atoms with van der Waals surface area (Å²) < 4.78 is 156. The lowest BCUT2D eigenvalue weighted by Crippen LogP contribution is -2.53. The van der Waals surface area contributed by atoms with Crippen LogP contribution >= 0.6 is 0 Å². The van der Waals surface area contributed by atoms with Crippen LogP contribution in [-0.4, -0.2) is 26.4 Å². The van der Waals surface area contributed by atoms with Crippen molar-refractivity contribution in [1.82, 2.24) is 0 Å². The SMILES string of the molecule is CCC12CCC(c3cc(F)c(C(F)(F)Oc4cc(F)c(C)c(F)c4)c(F)c3)(OC1)OC2.CCCC12CCC(c3ccc(-c4cc(F)c(C)c(F)c4)c(F)c3)(OC1)OC2. The Hall–Kier alpha value is -4.11. The predicted molar refractivity (Wildman–Crippen MR) is 194 cm³/mol. The first-order valence-electron chi connectivity index (χ1n) is 19.2. The van der Waals surface area contributed by atoms with Gasteiger partial charge in [-0.3, -0.25) is 0 Å². The molecule has 10 rings (SSSR count). The molecule has 0 saturated carbocycles. The molecule has 6 fully saturated rings. The van der Waals surface area contributed by atoms with Crippen LogP contribution in [0.1, 0.15) is 86.6 Å². The number of benzene rings is 4. The summed E-state index contributed by atoms with van der Waals surface area (Å²) in [6.07, 6.45) is 1.11. The van der Waals surface area contributed by atoms with Crippen molar-refractivity contribution in [2.75, 3.05) is 26.4 Å². The van der Waals surface area contributed by atoms with Gasteiger partial charge in [-0.1, -0.05) is 32.4 Å². The van der Waals surface area contributed by atoms with E-state index in [1.807, 2.05) is 6.92 Å². The van der Waals surface area contributed by atoms with Crippen LogP contribution in [-0.2, 0) is 36.6 Å². The van der Waals surface area contributed by atoms with E-state index in [2.05, 4.69) is 11.7 Å². The van der Waals surface area contributed by atoms with E-state index in [0.717, 1.165) is 56.9 Å². The molecule has 4 aromatic rings. The number of alkyl halides is 2. The monoisotopic (exact) mass is 822 g/mol. The van der Waals surface area contributed by atoms with Gasteiger partial charge in [0.05, 0.1) is 26.4 Å². The molecule has 312 valence electrons. The summed E-state index contributed by atoms with van der Waals surface area (Å²) >= 11 is 0. The van der Waals surface area contributed by atoms with Gasteiger partial charge in [-0.25, -0.2) is 30.7 Å². The van der Waals surface area contributed by atoms with E-state index in [1.165, 1.54) is 19.1 Å².